The van der Waals surface area contributed by atoms with E-state index in [0.717, 1.165) is 18.2 Å². The van der Waals surface area contributed by atoms with Crippen LogP contribution in [0.5, 0.6) is 0 Å². The fourth-order valence-corrected chi connectivity index (χ4v) is 1.50. The maximum atomic E-state index is 13.0. The molecule has 0 heterocycles. The largest absolute Gasteiger partial charge is 0.388 e. The monoisotopic (exact) mass is 279 g/mol. The molecule has 1 aromatic carbocycles. The van der Waals surface area contributed by atoms with E-state index in [1.807, 2.05) is 20.8 Å². The molecule has 0 aliphatic heterocycles. The first-order valence-electron chi connectivity index (χ1n) is 5.60. The highest BCUT2D eigenvalue weighted by Crippen LogP contribution is 2.27. The summed E-state index contributed by atoms with van der Waals surface area (Å²) in [5, 5.41) is 9.89. The van der Waals surface area contributed by atoms with Crippen molar-refractivity contribution < 1.29 is 13.9 Å². The zero-order valence-electron chi connectivity index (χ0n) is 10.8. The van der Waals surface area contributed by atoms with Crippen LogP contribution in [0.4, 0.5) is 8.78 Å². The van der Waals surface area contributed by atoms with E-state index < -0.39 is 17.7 Å². The SMILES string of the molecule is CC(C)(C)[C@@H](N)C[C@@H](O)c1cc(F)cc(F)c1.Cl. The van der Waals surface area contributed by atoms with Crippen molar-refractivity contribution in [3.05, 3.63) is 35.4 Å². The van der Waals surface area contributed by atoms with Gasteiger partial charge in [0.1, 0.15) is 11.6 Å². The number of hydrogen-bond acceptors (Lipinski definition) is 2. The van der Waals surface area contributed by atoms with Crippen molar-refractivity contribution in [3.8, 4) is 0 Å². The van der Waals surface area contributed by atoms with Crippen LogP contribution < -0.4 is 5.73 Å². The minimum absolute atomic E-state index is 0. The number of halogens is 3. The van der Waals surface area contributed by atoms with Crippen molar-refractivity contribution in [3.63, 3.8) is 0 Å². The molecule has 0 unspecified atom stereocenters. The fraction of sp³-hybridized carbons (Fsp3) is 0.538. The van der Waals surface area contributed by atoms with Crippen LogP contribution in [0.2, 0.25) is 0 Å². The summed E-state index contributed by atoms with van der Waals surface area (Å²) >= 11 is 0. The summed E-state index contributed by atoms with van der Waals surface area (Å²) in [6.07, 6.45) is -0.679. The minimum Gasteiger partial charge on any atom is -0.388 e. The van der Waals surface area contributed by atoms with Crippen molar-refractivity contribution in [2.24, 2.45) is 11.1 Å². The molecule has 104 valence electrons. The Morgan fingerprint density at radius 1 is 1.17 bits per heavy atom. The van der Waals surface area contributed by atoms with E-state index in [9.17, 15) is 13.9 Å². The summed E-state index contributed by atoms with van der Waals surface area (Å²) in [5.41, 5.74) is 5.98. The Hall–Kier alpha value is -0.710. The second-order valence-corrected chi connectivity index (χ2v) is 5.43. The van der Waals surface area contributed by atoms with E-state index in [1.54, 1.807) is 0 Å². The Labute approximate surface area is 113 Å². The van der Waals surface area contributed by atoms with Gasteiger partial charge in [-0.15, -0.1) is 12.4 Å². The average molecular weight is 280 g/mol. The van der Waals surface area contributed by atoms with Gasteiger partial charge in [0, 0.05) is 12.1 Å². The molecule has 3 N–H and O–H groups in total. The lowest BCUT2D eigenvalue weighted by molar-refractivity contribution is 0.133. The topological polar surface area (TPSA) is 46.2 Å². The van der Waals surface area contributed by atoms with E-state index in [0.29, 0.717) is 0 Å². The molecule has 0 saturated carbocycles. The number of hydrogen-bond donors (Lipinski definition) is 2. The van der Waals surface area contributed by atoms with Crippen LogP contribution in [0, 0.1) is 17.0 Å². The highest BCUT2D eigenvalue weighted by molar-refractivity contribution is 5.85. The van der Waals surface area contributed by atoms with E-state index in [4.69, 9.17) is 5.73 Å². The smallest absolute Gasteiger partial charge is 0.126 e. The van der Waals surface area contributed by atoms with Crippen LogP contribution >= 0.6 is 12.4 Å². The summed E-state index contributed by atoms with van der Waals surface area (Å²) < 4.78 is 26.0. The first kappa shape index (κ1) is 17.3. The Morgan fingerprint density at radius 3 is 2.00 bits per heavy atom. The highest BCUT2D eigenvalue weighted by atomic mass is 35.5. The van der Waals surface area contributed by atoms with Crippen LogP contribution in [0.25, 0.3) is 0 Å². The summed E-state index contributed by atoms with van der Waals surface area (Å²) in [7, 11) is 0. The Kier molecular flexibility index (Phi) is 6.20. The quantitative estimate of drug-likeness (QED) is 0.893. The lowest BCUT2D eigenvalue weighted by Gasteiger charge is -2.29. The molecule has 0 radical (unpaired) electrons. The number of aliphatic hydroxyl groups is 1. The van der Waals surface area contributed by atoms with Gasteiger partial charge in [0.05, 0.1) is 6.10 Å². The minimum atomic E-state index is -0.950. The molecule has 5 heteroatoms. The van der Waals surface area contributed by atoms with Gasteiger partial charge >= 0.3 is 0 Å². The van der Waals surface area contributed by atoms with E-state index in [-0.39, 0.29) is 35.8 Å². The van der Waals surface area contributed by atoms with Crippen LogP contribution in [0.15, 0.2) is 18.2 Å². The maximum Gasteiger partial charge on any atom is 0.126 e. The molecule has 0 fully saturated rings. The lowest BCUT2D eigenvalue weighted by Crippen LogP contribution is -2.36. The molecule has 0 aliphatic carbocycles. The fourth-order valence-electron chi connectivity index (χ4n) is 1.50. The summed E-state index contributed by atoms with van der Waals surface area (Å²) in [6.45, 7) is 5.86. The second kappa shape index (κ2) is 6.45. The predicted molar refractivity (Wildman–Crippen MR) is 70.6 cm³/mol. The predicted octanol–water partition coefficient (Wildman–Crippen LogP) is 3.18. The maximum absolute atomic E-state index is 13.0. The highest BCUT2D eigenvalue weighted by Gasteiger charge is 2.24. The summed E-state index contributed by atoms with van der Waals surface area (Å²) in [6, 6.07) is 2.79. The van der Waals surface area contributed by atoms with Gasteiger partial charge in [-0.2, -0.15) is 0 Å². The molecule has 18 heavy (non-hydrogen) atoms. The number of rotatable bonds is 3. The first-order valence-corrected chi connectivity index (χ1v) is 5.60. The molecule has 1 rings (SSSR count). The molecule has 1 aromatic rings. The summed E-state index contributed by atoms with van der Waals surface area (Å²) in [4.78, 5) is 0. The first-order chi connectivity index (χ1) is 7.70. The standard InChI is InChI=1S/C13H19F2NO.ClH/c1-13(2,3)12(16)7-11(17)8-4-9(14)6-10(15)5-8;/h4-6,11-12,17H,7,16H2,1-3H3;1H/t11-,12+;/m1./s1. The number of aliphatic hydroxyl groups excluding tert-OH is 1. The Balaban J connectivity index is 0.00000289. The molecule has 0 saturated heterocycles. The zero-order chi connectivity index (χ0) is 13.2. The van der Waals surface area contributed by atoms with Gasteiger partial charge in [0.15, 0.2) is 0 Å². The van der Waals surface area contributed by atoms with Crippen molar-refractivity contribution in [2.45, 2.75) is 39.3 Å². The normalized spacial score (nSPS) is 14.8. The van der Waals surface area contributed by atoms with Crippen LogP contribution in [-0.2, 0) is 0 Å². The summed E-state index contributed by atoms with van der Waals surface area (Å²) in [5.74, 6) is -1.38. The molecule has 0 spiro atoms. The third-order valence-electron chi connectivity index (χ3n) is 2.86. The van der Waals surface area contributed by atoms with Gasteiger partial charge in [0.25, 0.3) is 0 Å². The molecular weight excluding hydrogens is 260 g/mol. The van der Waals surface area contributed by atoms with E-state index in [1.165, 1.54) is 0 Å². The number of benzene rings is 1. The van der Waals surface area contributed by atoms with Crippen LogP contribution in [0.3, 0.4) is 0 Å². The van der Waals surface area contributed by atoms with Crippen LogP contribution in [0.1, 0.15) is 38.9 Å². The van der Waals surface area contributed by atoms with Gasteiger partial charge in [-0.25, -0.2) is 8.78 Å². The molecule has 2 nitrogen and oxygen atoms in total. The van der Waals surface area contributed by atoms with Crippen molar-refractivity contribution in [1.29, 1.82) is 0 Å². The Bertz CT molecular complexity index is 373. The van der Waals surface area contributed by atoms with Gasteiger partial charge in [-0.05, 0) is 29.5 Å². The second-order valence-electron chi connectivity index (χ2n) is 5.43. The molecular formula is C13H20ClF2NO. The van der Waals surface area contributed by atoms with Gasteiger partial charge < -0.3 is 10.8 Å². The molecule has 0 amide bonds. The van der Waals surface area contributed by atoms with Crippen LogP contribution in [-0.4, -0.2) is 11.1 Å². The third kappa shape index (κ3) is 4.88. The van der Waals surface area contributed by atoms with Gasteiger partial charge in [-0.3, -0.25) is 0 Å². The molecule has 0 aromatic heterocycles. The third-order valence-corrected chi connectivity index (χ3v) is 2.86. The number of nitrogens with two attached hydrogens (primary N) is 1. The van der Waals surface area contributed by atoms with E-state index >= 15 is 0 Å². The lowest BCUT2D eigenvalue weighted by atomic mass is 9.83. The average Bonchev–Trinajstić information content (AvgIpc) is 2.14. The van der Waals surface area contributed by atoms with Crippen molar-refractivity contribution in [1.82, 2.24) is 0 Å². The molecule has 0 aliphatic rings. The Morgan fingerprint density at radius 2 is 1.61 bits per heavy atom. The van der Waals surface area contributed by atoms with Crippen molar-refractivity contribution in [2.75, 3.05) is 0 Å². The van der Waals surface area contributed by atoms with Gasteiger partial charge in [-0.1, -0.05) is 20.8 Å². The van der Waals surface area contributed by atoms with Crippen molar-refractivity contribution >= 4 is 12.4 Å². The molecule has 2 atom stereocenters. The zero-order valence-corrected chi connectivity index (χ0v) is 11.6. The van der Waals surface area contributed by atoms with E-state index in [2.05, 4.69) is 0 Å². The van der Waals surface area contributed by atoms with Gasteiger partial charge in [0.2, 0.25) is 0 Å². The molecule has 0 bridgehead atoms.